The molecule has 0 atom stereocenters. The molecule has 0 spiro atoms. The van der Waals surface area contributed by atoms with E-state index in [0.717, 1.165) is 11.0 Å². The van der Waals surface area contributed by atoms with Gasteiger partial charge in [0.25, 0.3) is 0 Å². The van der Waals surface area contributed by atoms with Crippen LogP contribution in [0, 0.1) is 0 Å². The molecule has 8 heteroatoms. The maximum absolute atomic E-state index is 11.9. The largest absolute Gasteiger partial charge is 0.348 e. The number of rotatable bonds is 2. The van der Waals surface area contributed by atoms with Crippen molar-refractivity contribution in [2.45, 2.75) is 10.3 Å². The van der Waals surface area contributed by atoms with Gasteiger partial charge in [-0.1, -0.05) is 46.9 Å². The summed E-state index contributed by atoms with van der Waals surface area (Å²) in [5.74, 6) is 0.654. The van der Waals surface area contributed by atoms with Gasteiger partial charge in [-0.05, 0) is 18.2 Å². The number of hydrogen-bond acceptors (Lipinski definition) is 3. The minimum absolute atomic E-state index is 0.0957. The van der Waals surface area contributed by atoms with Crippen molar-refractivity contribution < 1.29 is 0 Å². The number of alkyl halides is 3. The number of imidazole rings is 1. The second-order valence-corrected chi connectivity index (χ2v) is 6.70. The highest BCUT2D eigenvalue weighted by Crippen LogP contribution is 2.36. The maximum atomic E-state index is 11.9. The molecule has 0 saturated carbocycles. The Labute approximate surface area is 134 Å². The summed E-state index contributed by atoms with van der Waals surface area (Å²) < 4.78 is -0.324. The number of nitrogens with zero attached hydrogens (tertiary/aromatic N) is 3. The molecule has 0 aliphatic heterocycles. The highest BCUT2D eigenvalue weighted by Gasteiger charge is 2.25. The molecule has 2 aromatic heterocycles. The maximum Gasteiger partial charge on any atom is 0.348 e. The molecule has 0 radical (unpaired) electrons. The molecule has 0 saturated heterocycles. The number of hydrogen-bond donors (Lipinski definition) is 1. The molecule has 0 unspecified atom stereocenters. The Kier molecular flexibility index (Phi) is 3.65. The zero-order valence-electron chi connectivity index (χ0n) is 10.6. The Bertz CT molecular complexity index is 817. The monoisotopic (exact) mass is 342 g/mol. The van der Waals surface area contributed by atoms with Crippen LogP contribution in [0.25, 0.3) is 11.0 Å². The third kappa shape index (κ3) is 3.05. The van der Waals surface area contributed by atoms with E-state index in [-0.39, 0.29) is 12.2 Å². The van der Waals surface area contributed by atoms with E-state index in [4.69, 9.17) is 34.8 Å². The van der Waals surface area contributed by atoms with Crippen molar-refractivity contribution in [2.24, 2.45) is 0 Å². The summed E-state index contributed by atoms with van der Waals surface area (Å²) in [7, 11) is 0. The van der Waals surface area contributed by atoms with E-state index in [1.54, 1.807) is 0 Å². The van der Waals surface area contributed by atoms with E-state index in [1.807, 2.05) is 24.3 Å². The number of benzene rings is 1. The zero-order valence-corrected chi connectivity index (χ0v) is 12.8. The van der Waals surface area contributed by atoms with E-state index < -0.39 is 9.48 Å². The SMILES string of the molecule is O=c1nc(C(Cl)(Cl)Cl)ccn1Cc1nc2ccccc2[nH]1. The Morgan fingerprint density at radius 2 is 1.90 bits per heavy atom. The van der Waals surface area contributed by atoms with Crippen molar-refractivity contribution in [1.82, 2.24) is 19.5 Å². The number of aromatic amines is 1. The number of H-pyrrole nitrogens is 1. The second kappa shape index (κ2) is 5.33. The number of aromatic nitrogens is 4. The van der Waals surface area contributed by atoms with Crippen molar-refractivity contribution in [1.29, 1.82) is 0 Å². The van der Waals surface area contributed by atoms with Crippen molar-refractivity contribution in [3.63, 3.8) is 0 Å². The molecule has 1 aromatic carbocycles. The molecule has 0 amide bonds. The summed E-state index contributed by atoms with van der Waals surface area (Å²) >= 11 is 17.1. The molecule has 0 bridgehead atoms. The fraction of sp³-hybridized carbons (Fsp3) is 0.154. The summed E-state index contributed by atoms with van der Waals surface area (Å²) in [5, 5.41) is 0. The van der Waals surface area contributed by atoms with Crippen LogP contribution >= 0.6 is 34.8 Å². The van der Waals surface area contributed by atoms with Gasteiger partial charge in [0.2, 0.25) is 3.79 Å². The minimum atomic E-state index is -1.71. The lowest BCUT2D eigenvalue weighted by Crippen LogP contribution is -2.26. The lowest BCUT2D eigenvalue weighted by Gasteiger charge is -2.10. The van der Waals surface area contributed by atoms with Gasteiger partial charge in [-0.3, -0.25) is 4.57 Å². The Balaban J connectivity index is 1.93. The van der Waals surface area contributed by atoms with Crippen LogP contribution < -0.4 is 5.69 Å². The Hall–Kier alpha value is -1.56. The third-order valence-electron chi connectivity index (χ3n) is 2.92. The molecule has 3 rings (SSSR count). The van der Waals surface area contributed by atoms with Gasteiger partial charge in [0.15, 0.2) is 0 Å². The van der Waals surface area contributed by atoms with Crippen LogP contribution in [0.1, 0.15) is 11.5 Å². The van der Waals surface area contributed by atoms with Crippen molar-refractivity contribution in [3.05, 3.63) is 58.5 Å². The van der Waals surface area contributed by atoms with Gasteiger partial charge in [0.1, 0.15) is 5.82 Å². The van der Waals surface area contributed by atoms with E-state index in [1.165, 1.54) is 16.8 Å². The minimum Gasteiger partial charge on any atom is -0.340 e. The number of para-hydroxylation sites is 2. The number of halogens is 3. The van der Waals surface area contributed by atoms with Gasteiger partial charge in [-0.25, -0.2) is 9.78 Å². The summed E-state index contributed by atoms with van der Waals surface area (Å²) in [5.41, 5.74) is 1.34. The number of fused-ring (bicyclic) bond motifs is 1. The van der Waals surface area contributed by atoms with Gasteiger partial charge in [-0.15, -0.1) is 0 Å². The van der Waals surface area contributed by atoms with Gasteiger partial charge >= 0.3 is 5.69 Å². The van der Waals surface area contributed by atoms with Crippen molar-refractivity contribution >= 4 is 45.8 Å². The summed E-state index contributed by atoms with van der Waals surface area (Å²) in [6.07, 6.45) is 1.53. The molecular formula is C13H9Cl3N4O. The van der Waals surface area contributed by atoms with Crippen LogP contribution in [0.3, 0.4) is 0 Å². The average molecular weight is 344 g/mol. The van der Waals surface area contributed by atoms with E-state index >= 15 is 0 Å². The van der Waals surface area contributed by atoms with Gasteiger partial charge in [0.05, 0.1) is 23.3 Å². The standard InChI is InChI=1S/C13H9Cl3N4O/c14-13(15,16)10-5-6-20(12(21)19-10)7-11-17-8-3-1-2-4-9(8)18-11/h1-6H,7H2,(H,17,18). The fourth-order valence-electron chi connectivity index (χ4n) is 1.95. The fourth-order valence-corrected chi connectivity index (χ4v) is 2.26. The molecule has 0 fully saturated rings. The van der Waals surface area contributed by atoms with Crippen LogP contribution in [-0.2, 0) is 10.3 Å². The molecule has 5 nitrogen and oxygen atoms in total. The highest BCUT2D eigenvalue weighted by molar-refractivity contribution is 6.66. The van der Waals surface area contributed by atoms with Crippen LogP contribution in [0.2, 0.25) is 0 Å². The Morgan fingerprint density at radius 3 is 2.57 bits per heavy atom. The smallest absolute Gasteiger partial charge is 0.340 e. The van der Waals surface area contributed by atoms with Gasteiger partial charge in [0, 0.05) is 6.20 Å². The quantitative estimate of drug-likeness (QED) is 0.728. The van der Waals surface area contributed by atoms with Crippen molar-refractivity contribution in [3.8, 4) is 0 Å². The highest BCUT2D eigenvalue weighted by atomic mass is 35.6. The first kappa shape index (κ1) is 14.4. The molecule has 21 heavy (non-hydrogen) atoms. The molecule has 3 aromatic rings. The van der Waals surface area contributed by atoms with E-state index in [0.29, 0.717) is 5.82 Å². The lowest BCUT2D eigenvalue weighted by molar-refractivity contribution is 0.691. The predicted octanol–water partition coefficient (Wildman–Crippen LogP) is 2.99. The molecular weight excluding hydrogens is 335 g/mol. The average Bonchev–Trinajstić information content (AvgIpc) is 2.82. The summed E-state index contributed by atoms with van der Waals surface area (Å²) in [6, 6.07) is 9.11. The first-order valence-corrected chi connectivity index (χ1v) is 7.15. The molecule has 0 aliphatic rings. The van der Waals surface area contributed by atoms with Crippen LogP contribution in [-0.4, -0.2) is 19.5 Å². The second-order valence-electron chi connectivity index (χ2n) is 4.42. The van der Waals surface area contributed by atoms with Crippen molar-refractivity contribution in [2.75, 3.05) is 0 Å². The third-order valence-corrected chi connectivity index (χ3v) is 3.50. The lowest BCUT2D eigenvalue weighted by atomic mass is 10.3. The van der Waals surface area contributed by atoms with E-state index in [9.17, 15) is 4.79 Å². The molecule has 0 aliphatic carbocycles. The predicted molar refractivity (Wildman–Crippen MR) is 82.9 cm³/mol. The van der Waals surface area contributed by atoms with Crippen LogP contribution in [0.5, 0.6) is 0 Å². The zero-order chi connectivity index (χ0) is 15.0. The normalized spacial score (nSPS) is 12.0. The first-order chi connectivity index (χ1) is 9.93. The Morgan fingerprint density at radius 1 is 1.14 bits per heavy atom. The van der Waals surface area contributed by atoms with Gasteiger partial charge in [-0.2, -0.15) is 4.98 Å². The molecule has 2 heterocycles. The van der Waals surface area contributed by atoms with Gasteiger partial charge < -0.3 is 4.98 Å². The van der Waals surface area contributed by atoms with E-state index in [2.05, 4.69) is 15.0 Å². The topological polar surface area (TPSA) is 63.6 Å². The summed E-state index contributed by atoms with van der Waals surface area (Å²) in [4.78, 5) is 23.2. The molecule has 108 valence electrons. The summed E-state index contributed by atoms with van der Waals surface area (Å²) in [6.45, 7) is 0.265. The van der Waals surface area contributed by atoms with Crippen LogP contribution in [0.15, 0.2) is 41.3 Å². The first-order valence-electron chi connectivity index (χ1n) is 6.02. The number of nitrogens with one attached hydrogen (secondary N) is 1. The van der Waals surface area contributed by atoms with Crippen LogP contribution in [0.4, 0.5) is 0 Å². The molecule has 1 N–H and O–H groups in total.